The molecule has 3 nitrogen and oxygen atoms in total. The van der Waals surface area contributed by atoms with Crippen molar-refractivity contribution in [3.05, 3.63) is 36.3 Å². The second-order valence-electron chi connectivity index (χ2n) is 5.46. The van der Waals surface area contributed by atoms with Crippen molar-refractivity contribution in [2.75, 3.05) is 0 Å². The van der Waals surface area contributed by atoms with Crippen LogP contribution in [0.2, 0.25) is 0 Å². The van der Waals surface area contributed by atoms with E-state index in [0.717, 1.165) is 43.2 Å². The van der Waals surface area contributed by atoms with Crippen LogP contribution in [0.3, 0.4) is 0 Å². The number of aliphatic carboxylic acids is 1. The Balaban J connectivity index is 2.10. The van der Waals surface area contributed by atoms with E-state index in [0.29, 0.717) is 0 Å². The first-order valence-corrected chi connectivity index (χ1v) is 6.46. The predicted octanol–water partition coefficient (Wildman–Crippen LogP) is 3.66. The van der Waals surface area contributed by atoms with Crippen molar-refractivity contribution in [3.8, 4) is 0 Å². The zero-order valence-electron chi connectivity index (χ0n) is 10.8. The Morgan fingerprint density at radius 2 is 2.44 bits per heavy atom. The molecule has 0 aliphatic heterocycles. The van der Waals surface area contributed by atoms with E-state index in [1.165, 1.54) is 0 Å². The van der Waals surface area contributed by atoms with Gasteiger partial charge in [-0.05, 0) is 56.6 Å². The smallest absolute Gasteiger partial charge is 0.309 e. The normalized spacial score (nSPS) is 28.3. The van der Waals surface area contributed by atoms with Gasteiger partial charge in [-0.3, -0.25) is 4.79 Å². The molecule has 1 aromatic rings. The molecule has 1 N–H and O–H groups in total. The highest BCUT2D eigenvalue weighted by molar-refractivity contribution is 5.75. The molecule has 0 unspecified atom stereocenters. The van der Waals surface area contributed by atoms with Gasteiger partial charge in [-0.1, -0.05) is 12.2 Å². The standard InChI is InChI=1S/C15H20O3/c1-11-4-3-8-15(2,14(16)17)13(11)6-5-12-7-9-18-10-12/h7,9-10,13H,1,3-6,8H2,2H3,(H,16,17)/t13-,15-/m1/s1. The molecular weight excluding hydrogens is 228 g/mol. The number of carbonyl (C=O) groups is 1. The molecule has 1 saturated carbocycles. The number of aryl methyl sites for hydroxylation is 1. The zero-order chi connectivity index (χ0) is 13.2. The van der Waals surface area contributed by atoms with Crippen molar-refractivity contribution >= 4 is 5.97 Å². The summed E-state index contributed by atoms with van der Waals surface area (Å²) < 4.78 is 5.04. The summed E-state index contributed by atoms with van der Waals surface area (Å²) in [6, 6.07) is 1.93. The molecule has 1 aromatic heterocycles. The highest BCUT2D eigenvalue weighted by Crippen LogP contribution is 2.45. The van der Waals surface area contributed by atoms with Crippen LogP contribution in [-0.4, -0.2) is 11.1 Å². The first-order valence-electron chi connectivity index (χ1n) is 6.46. The first kappa shape index (κ1) is 12.9. The fourth-order valence-corrected chi connectivity index (χ4v) is 3.01. The summed E-state index contributed by atoms with van der Waals surface area (Å²) in [4.78, 5) is 11.5. The molecule has 0 bridgehead atoms. The monoisotopic (exact) mass is 248 g/mol. The van der Waals surface area contributed by atoms with Crippen molar-refractivity contribution < 1.29 is 14.3 Å². The molecule has 1 fully saturated rings. The highest BCUT2D eigenvalue weighted by Gasteiger charge is 2.44. The third-order valence-electron chi connectivity index (χ3n) is 4.25. The Labute approximate surface area is 108 Å². The number of hydrogen-bond acceptors (Lipinski definition) is 2. The number of furan rings is 1. The Kier molecular flexibility index (Phi) is 3.60. The molecular formula is C15H20O3. The molecule has 1 heterocycles. The zero-order valence-corrected chi connectivity index (χ0v) is 10.8. The maximum Gasteiger partial charge on any atom is 0.309 e. The van der Waals surface area contributed by atoms with Crippen LogP contribution in [0.4, 0.5) is 0 Å². The van der Waals surface area contributed by atoms with Crippen LogP contribution in [0.15, 0.2) is 35.2 Å². The molecule has 0 radical (unpaired) electrons. The lowest BCUT2D eigenvalue weighted by atomic mass is 9.64. The summed E-state index contributed by atoms with van der Waals surface area (Å²) >= 11 is 0. The van der Waals surface area contributed by atoms with Gasteiger partial charge in [-0.25, -0.2) is 0 Å². The third kappa shape index (κ3) is 2.35. The summed E-state index contributed by atoms with van der Waals surface area (Å²) in [6.07, 6.45) is 7.70. The minimum Gasteiger partial charge on any atom is -0.481 e. The summed E-state index contributed by atoms with van der Waals surface area (Å²) in [7, 11) is 0. The lowest BCUT2D eigenvalue weighted by Gasteiger charge is -2.39. The Morgan fingerprint density at radius 3 is 3.06 bits per heavy atom. The molecule has 2 rings (SSSR count). The molecule has 1 aliphatic carbocycles. The summed E-state index contributed by atoms with van der Waals surface area (Å²) in [6.45, 7) is 5.95. The van der Waals surface area contributed by atoms with E-state index in [1.807, 2.05) is 13.0 Å². The van der Waals surface area contributed by atoms with Gasteiger partial charge in [0, 0.05) is 0 Å². The lowest BCUT2D eigenvalue weighted by Crippen LogP contribution is -2.39. The second-order valence-corrected chi connectivity index (χ2v) is 5.46. The summed E-state index contributed by atoms with van der Waals surface area (Å²) in [5.74, 6) is -0.626. The molecule has 2 atom stereocenters. The van der Waals surface area contributed by atoms with E-state index in [4.69, 9.17) is 4.42 Å². The largest absolute Gasteiger partial charge is 0.481 e. The summed E-state index contributed by atoms with van der Waals surface area (Å²) in [5, 5.41) is 9.48. The summed E-state index contributed by atoms with van der Waals surface area (Å²) in [5.41, 5.74) is 1.56. The quantitative estimate of drug-likeness (QED) is 0.827. The van der Waals surface area contributed by atoms with Gasteiger partial charge < -0.3 is 9.52 Å². The minimum atomic E-state index is -0.694. The molecule has 98 valence electrons. The third-order valence-corrected chi connectivity index (χ3v) is 4.25. The fourth-order valence-electron chi connectivity index (χ4n) is 3.01. The van der Waals surface area contributed by atoms with Crippen LogP contribution >= 0.6 is 0 Å². The number of carboxylic acids is 1. The maximum atomic E-state index is 11.5. The second kappa shape index (κ2) is 5.01. The van der Waals surface area contributed by atoms with Crippen molar-refractivity contribution in [1.82, 2.24) is 0 Å². The van der Waals surface area contributed by atoms with E-state index < -0.39 is 11.4 Å². The Morgan fingerprint density at radius 1 is 1.67 bits per heavy atom. The Bertz CT molecular complexity index is 433. The number of carboxylic acid groups (broad SMARTS) is 1. The lowest BCUT2D eigenvalue weighted by molar-refractivity contribution is -0.152. The van der Waals surface area contributed by atoms with Crippen molar-refractivity contribution in [1.29, 1.82) is 0 Å². The van der Waals surface area contributed by atoms with Crippen molar-refractivity contribution in [3.63, 3.8) is 0 Å². The number of rotatable bonds is 4. The van der Waals surface area contributed by atoms with E-state index in [9.17, 15) is 9.90 Å². The van der Waals surface area contributed by atoms with Crippen LogP contribution in [0.5, 0.6) is 0 Å². The predicted molar refractivity (Wildman–Crippen MR) is 69.3 cm³/mol. The number of hydrogen-bond donors (Lipinski definition) is 1. The molecule has 1 aliphatic rings. The molecule has 0 spiro atoms. The van der Waals surface area contributed by atoms with Crippen LogP contribution in [-0.2, 0) is 11.2 Å². The maximum absolute atomic E-state index is 11.5. The first-order chi connectivity index (χ1) is 8.54. The van der Waals surface area contributed by atoms with Gasteiger partial charge in [0.1, 0.15) is 0 Å². The van der Waals surface area contributed by atoms with Crippen molar-refractivity contribution in [2.24, 2.45) is 11.3 Å². The van der Waals surface area contributed by atoms with Gasteiger partial charge in [0.25, 0.3) is 0 Å². The van der Waals surface area contributed by atoms with Gasteiger partial charge >= 0.3 is 5.97 Å². The SMILES string of the molecule is C=C1CCC[C@@](C)(C(=O)O)[C@@H]1CCc1ccoc1. The van der Waals surface area contributed by atoms with Gasteiger partial charge in [-0.2, -0.15) is 0 Å². The number of allylic oxidation sites excluding steroid dienone is 1. The van der Waals surface area contributed by atoms with Gasteiger partial charge in [0.2, 0.25) is 0 Å². The van der Waals surface area contributed by atoms with Crippen LogP contribution in [0, 0.1) is 11.3 Å². The van der Waals surface area contributed by atoms with E-state index in [2.05, 4.69) is 6.58 Å². The van der Waals surface area contributed by atoms with Gasteiger partial charge in [0.05, 0.1) is 17.9 Å². The topological polar surface area (TPSA) is 50.4 Å². The Hall–Kier alpha value is -1.51. The fraction of sp³-hybridized carbons (Fsp3) is 0.533. The molecule has 0 amide bonds. The van der Waals surface area contributed by atoms with Crippen LogP contribution in [0.25, 0.3) is 0 Å². The minimum absolute atomic E-state index is 0.0682. The van der Waals surface area contributed by atoms with E-state index >= 15 is 0 Å². The van der Waals surface area contributed by atoms with Gasteiger partial charge in [-0.15, -0.1) is 0 Å². The van der Waals surface area contributed by atoms with E-state index in [-0.39, 0.29) is 5.92 Å². The average molecular weight is 248 g/mol. The van der Waals surface area contributed by atoms with E-state index in [1.54, 1.807) is 12.5 Å². The molecule has 0 saturated heterocycles. The highest BCUT2D eigenvalue weighted by atomic mass is 16.4. The molecule has 0 aromatic carbocycles. The van der Waals surface area contributed by atoms with Crippen LogP contribution < -0.4 is 0 Å². The van der Waals surface area contributed by atoms with Gasteiger partial charge in [0.15, 0.2) is 0 Å². The average Bonchev–Trinajstić information content (AvgIpc) is 2.81. The molecule has 3 heteroatoms. The van der Waals surface area contributed by atoms with Crippen LogP contribution in [0.1, 0.15) is 38.2 Å². The van der Waals surface area contributed by atoms with Crippen molar-refractivity contribution in [2.45, 2.75) is 39.0 Å². The molecule has 18 heavy (non-hydrogen) atoms.